The molecule has 3 heteroatoms. The number of benzene rings is 1. The van der Waals surface area contributed by atoms with Crippen molar-refractivity contribution in [3.05, 3.63) is 28.2 Å². The van der Waals surface area contributed by atoms with E-state index >= 15 is 0 Å². The second-order valence-electron chi connectivity index (χ2n) is 5.11. The molecule has 1 saturated carbocycles. The molecule has 0 unspecified atom stereocenters. The highest BCUT2D eigenvalue weighted by molar-refractivity contribution is 9.10. The molecule has 0 heterocycles. The highest BCUT2D eigenvalue weighted by Crippen LogP contribution is 2.39. The molecule has 0 aromatic heterocycles. The van der Waals surface area contributed by atoms with Gasteiger partial charge in [-0.15, -0.1) is 0 Å². The second-order valence-corrected chi connectivity index (χ2v) is 6.03. The zero-order valence-electron chi connectivity index (χ0n) is 9.72. The summed E-state index contributed by atoms with van der Waals surface area (Å²) in [4.78, 5) is 0. The Morgan fingerprint density at radius 3 is 2.75 bits per heavy atom. The summed E-state index contributed by atoms with van der Waals surface area (Å²) in [5.74, 6) is 0. The van der Waals surface area contributed by atoms with Gasteiger partial charge in [0, 0.05) is 23.2 Å². The van der Waals surface area contributed by atoms with E-state index in [4.69, 9.17) is 5.73 Å². The smallest absolute Gasteiger partial charge is 0.0370 e. The van der Waals surface area contributed by atoms with Crippen LogP contribution in [0.4, 0.5) is 5.69 Å². The third-order valence-corrected chi connectivity index (χ3v) is 4.03. The highest BCUT2D eigenvalue weighted by atomic mass is 79.9. The first kappa shape index (κ1) is 11.9. The summed E-state index contributed by atoms with van der Waals surface area (Å²) >= 11 is 3.42. The maximum Gasteiger partial charge on any atom is 0.0370 e. The summed E-state index contributed by atoms with van der Waals surface area (Å²) in [7, 11) is 0. The molecule has 88 valence electrons. The molecule has 2 nitrogen and oxygen atoms in total. The lowest BCUT2D eigenvalue weighted by Gasteiger charge is -2.38. The molecule has 0 bridgehead atoms. The Kier molecular flexibility index (Phi) is 3.55. The molecule has 0 atom stereocenters. The third-order valence-electron chi connectivity index (χ3n) is 3.54. The van der Waals surface area contributed by atoms with E-state index < -0.39 is 0 Å². The monoisotopic (exact) mass is 282 g/mol. The van der Waals surface area contributed by atoms with Gasteiger partial charge >= 0.3 is 0 Å². The normalized spacial score (nSPS) is 18.1. The van der Waals surface area contributed by atoms with E-state index in [-0.39, 0.29) is 0 Å². The quantitative estimate of drug-likeness (QED) is 0.832. The van der Waals surface area contributed by atoms with Crippen LogP contribution in [0, 0.1) is 5.41 Å². The van der Waals surface area contributed by atoms with Crippen LogP contribution < -0.4 is 11.1 Å². The lowest BCUT2D eigenvalue weighted by atomic mass is 9.70. The van der Waals surface area contributed by atoms with E-state index in [2.05, 4.69) is 34.2 Å². The Morgan fingerprint density at radius 2 is 2.19 bits per heavy atom. The topological polar surface area (TPSA) is 38.0 Å². The zero-order chi connectivity index (χ0) is 11.6. The molecule has 1 fully saturated rings. The molecule has 0 aliphatic heterocycles. The first-order valence-corrected chi connectivity index (χ1v) is 6.63. The molecule has 16 heavy (non-hydrogen) atoms. The van der Waals surface area contributed by atoms with Gasteiger partial charge in [0.2, 0.25) is 0 Å². The third kappa shape index (κ3) is 2.77. The van der Waals surface area contributed by atoms with Gasteiger partial charge in [0.25, 0.3) is 0 Å². The fourth-order valence-electron chi connectivity index (χ4n) is 2.18. The summed E-state index contributed by atoms with van der Waals surface area (Å²) in [5.41, 5.74) is 8.53. The van der Waals surface area contributed by atoms with Crippen molar-refractivity contribution < 1.29 is 0 Å². The van der Waals surface area contributed by atoms with Crippen molar-refractivity contribution in [2.75, 3.05) is 12.3 Å². The summed E-state index contributed by atoms with van der Waals surface area (Å²) < 4.78 is 1.04. The summed E-state index contributed by atoms with van der Waals surface area (Å²) in [6.07, 6.45) is 4.10. The summed E-state index contributed by atoms with van der Waals surface area (Å²) in [6, 6.07) is 6.08. The van der Waals surface area contributed by atoms with Crippen LogP contribution in [-0.4, -0.2) is 6.54 Å². The van der Waals surface area contributed by atoms with Crippen LogP contribution in [0.3, 0.4) is 0 Å². The molecule has 0 spiro atoms. The van der Waals surface area contributed by atoms with Crippen molar-refractivity contribution in [3.8, 4) is 0 Å². The second kappa shape index (κ2) is 4.76. The Bertz CT molecular complexity index is 372. The lowest BCUT2D eigenvalue weighted by molar-refractivity contribution is 0.156. The van der Waals surface area contributed by atoms with E-state index in [1.165, 1.54) is 24.8 Å². The minimum atomic E-state index is 0.532. The zero-order valence-corrected chi connectivity index (χ0v) is 11.3. The van der Waals surface area contributed by atoms with Crippen molar-refractivity contribution >= 4 is 21.6 Å². The van der Waals surface area contributed by atoms with Gasteiger partial charge in [-0.05, 0) is 36.0 Å². The summed E-state index contributed by atoms with van der Waals surface area (Å²) in [6.45, 7) is 4.33. The summed E-state index contributed by atoms with van der Waals surface area (Å²) in [5, 5.41) is 3.51. The molecular weight excluding hydrogens is 264 g/mol. The maximum absolute atomic E-state index is 5.95. The first-order chi connectivity index (χ1) is 7.59. The van der Waals surface area contributed by atoms with Crippen molar-refractivity contribution in [1.82, 2.24) is 5.32 Å². The predicted octanol–water partition coefficient (Wildman–Crippen LogP) is 3.31. The van der Waals surface area contributed by atoms with E-state index in [0.29, 0.717) is 5.41 Å². The lowest BCUT2D eigenvalue weighted by Crippen LogP contribution is -2.37. The average Bonchev–Trinajstić information content (AvgIpc) is 2.19. The fourth-order valence-corrected chi connectivity index (χ4v) is 2.56. The van der Waals surface area contributed by atoms with Crippen molar-refractivity contribution in [2.24, 2.45) is 5.41 Å². The van der Waals surface area contributed by atoms with Crippen molar-refractivity contribution in [3.63, 3.8) is 0 Å². The molecule has 1 aromatic rings. The maximum atomic E-state index is 5.95. The van der Waals surface area contributed by atoms with Gasteiger partial charge in [-0.25, -0.2) is 0 Å². The molecule has 2 rings (SSSR count). The molecule has 1 aliphatic rings. The molecule has 3 N–H and O–H groups in total. The SMILES string of the molecule is CC1(CNCc2ccc(Br)cc2N)CCC1. The average molecular weight is 283 g/mol. The predicted molar refractivity (Wildman–Crippen MR) is 72.2 cm³/mol. The molecular formula is C13H19BrN2. The Labute approximate surface area is 106 Å². The van der Waals surface area contributed by atoms with Gasteiger partial charge in [0.15, 0.2) is 0 Å². The van der Waals surface area contributed by atoms with Crippen molar-refractivity contribution in [2.45, 2.75) is 32.7 Å². The van der Waals surface area contributed by atoms with E-state index in [1.54, 1.807) is 0 Å². The molecule has 1 aromatic carbocycles. The van der Waals surface area contributed by atoms with E-state index in [1.807, 2.05) is 12.1 Å². The Balaban J connectivity index is 1.85. The molecule has 1 aliphatic carbocycles. The van der Waals surface area contributed by atoms with Crippen molar-refractivity contribution in [1.29, 1.82) is 0 Å². The number of nitrogens with one attached hydrogen (secondary N) is 1. The fraction of sp³-hybridized carbons (Fsp3) is 0.538. The number of anilines is 1. The molecule has 0 saturated heterocycles. The largest absolute Gasteiger partial charge is 0.398 e. The van der Waals surface area contributed by atoms with E-state index in [9.17, 15) is 0 Å². The number of nitrogen functional groups attached to an aromatic ring is 1. The number of hydrogen-bond donors (Lipinski definition) is 2. The Hall–Kier alpha value is -0.540. The van der Waals surface area contributed by atoms with Crippen LogP contribution in [0.25, 0.3) is 0 Å². The molecule has 0 radical (unpaired) electrons. The minimum absolute atomic E-state index is 0.532. The molecule has 0 amide bonds. The number of nitrogens with two attached hydrogens (primary N) is 1. The van der Waals surface area contributed by atoms with Crippen LogP contribution >= 0.6 is 15.9 Å². The number of rotatable bonds is 4. The van der Waals surface area contributed by atoms with Gasteiger partial charge in [-0.1, -0.05) is 35.3 Å². The van der Waals surface area contributed by atoms with Gasteiger partial charge in [-0.2, -0.15) is 0 Å². The van der Waals surface area contributed by atoms with Gasteiger partial charge in [0.1, 0.15) is 0 Å². The van der Waals surface area contributed by atoms with Crippen LogP contribution in [0.1, 0.15) is 31.7 Å². The van der Waals surface area contributed by atoms with Crippen LogP contribution in [0.5, 0.6) is 0 Å². The van der Waals surface area contributed by atoms with Crippen LogP contribution in [-0.2, 0) is 6.54 Å². The Morgan fingerprint density at radius 1 is 1.44 bits per heavy atom. The van der Waals surface area contributed by atoms with Crippen LogP contribution in [0.2, 0.25) is 0 Å². The van der Waals surface area contributed by atoms with Crippen LogP contribution in [0.15, 0.2) is 22.7 Å². The minimum Gasteiger partial charge on any atom is -0.398 e. The van der Waals surface area contributed by atoms with Gasteiger partial charge < -0.3 is 11.1 Å². The van der Waals surface area contributed by atoms with E-state index in [0.717, 1.165) is 23.2 Å². The number of halogens is 1. The number of hydrogen-bond acceptors (Lipinski definition) is 2. The van der Waals surface area contributed by atoms with Gasteiger partial charge in [0.05, 0.1) is 0 Å². The standard InChI is InChI=1S/C13H19BrN2/c1-13(5-2-6-13)9-16-8-10-3-4-11(14)7-12(10)15/h3-4,7,16H,2,5-6,8-9,15H2,1H3. The first-order valence-electron chi connectivity index (χ1n) is 5.84. The highest BCUT2D eigenvalue weighted by Gasteiger charge is 2.30. The van der Waals surface area contributed by atoms with Gasteiger partial charge in [-0.3, -0.25) is 0 Å².